The van der Waals surface area contributed by atoms with Crippen molar-refractivity contribution in [3.63, 3.8) is 0 Å². The number of phenols is 1. The molecule has 5 rings (SSSR count). The molecule has 1 aliphatic heterocycles. The number of nitriles is 1. The number of benzene rings is 3. The Morgan fingerprint density at radius 1 is 1.13 bits per heavy atom. The molecular weight excluding hydrogens is 488 g/mol. The van der Waals surface area contributed by atoms with Crippen molar-refractivity contribution in [1.29, 1.82) is 5.26 Å². The van der Waals surface area contributed by atoms with Crippen LogP contribution < -0.4 is 16.0 Å². The van der Waals surface area contributed by atoms with E-state index in [9.17, 15) is 23.9 Å². The highest BCUT2D eigenvalue weighted by molar-refractivity contribution is 6.02. The molecule has 7 nitrogen and oxygen atoms in total. The van der Waals surface area contributed by atoms with Crippen LogP contribution in [0.5, 0.6) is 5.75 Å². The van der Waals surface area contributed by atoms with Crippen LogP contribution in [0.3, 0.4) is 0 Å². The van der Waals surface area contributed by atoms with E-state index in [-0.39, 0.29) is 23.3 Å². The second-order valence-corrected chi connectivity index (χ2v) is 9.34. The Kier molecular flexibility index (Phi) is 6.66. The standard InChI is InChI=1S/C29H25F2N5O2/c1-34-29(38)24-15-36(8-7-25(24)33)27-22-11-16(21-4-2-3-17(13-32)28(21)37)5-6-26(22)35-14-23(27)18-9-19(30)12-20(31)10-18/h2-6,9-12,14,24-25,37H,7-8,15,33H2,1H3,(H,34,38). The number of pyridine rings is 1. The molecule has 3 aromatic carbocycles. The minimum Gasteiger partial charge on any atom is -0.506 e. The number of halogens is 2. The summed E-state index contributed by atoms with van der Waals surface area (Å²) in [6, 6.07) is 15.3. The van der Waals surface area contributed by atoms with E-state index in [1.807, 2.05) is 17.0 Å². The van der Waals surface area contributed by atoms with Crippen molar-refractivity contribution in [1.82, 2.24) is 10.3 Å². The molecule has 4 aromatic rings. The number of carbonyl (C=O) groups excluding carboxylic acids is 1. The largest absolute Gasteiger partial charge is 0.506 e. The first-order valence-electron chi connectivity index (χ1n) is 12.1. The number of carbonyl (C=O) groups is 1. The zero-order valence-electron chi connectivity index (χ0n) is 20.6. The van der Waals surface area contributed by atoms with Gasteiger partial charge in [-0.2, -0.15) is 5.26 Å². The number of aromatic hydroxyl groups is 1. The first-order chi connectivity index (χ1) is 18.3. The average molecular weight is 514 g/mol. The van der Waals surface area contributed by atoms with Crippen molar-refractivity contribution in [3.8, 4) is 34.1 Å². The van der Waals surface area contributed by atoms with Gasteiger partial charge in [0.05, 0.1) is 22.7 Å². The predicted octanol–water partition coefficient (Wildman–Crippen LogP) is 4.32. The van der Waals surface area contributed by atoms with Crippen LogP contribution in [0.2, 0.25) is 0 Å². The zero-order chi connectivity index (χ0) is 27.0. The van der Waals surface area contributed by atoms with Gasteiger partial charge in [0.25, 0.3) is 0 Å². The van der Waals surface area contributed by atoms with Crippen molar-refractivity contribution in [2.75, 3.05) is 25.0 Å². The second-order valence-electron chi connectivity index (χ2n) is 9.34. The minimum atomic E-state index is -0.720. The summed E-state index contributed by atoms with van der Waals surface area (Å²) in [6.45, 7) is 0.808. The molecular formula is C29H25F2N5O2. The Morgan fingerprint density at radius 3 is 2.61 bits per heavy atom. The van der Waals surface area contributed by atoms with Gasteiger partial charge in [0, 0.05) is 55.0 Å². The number of fused-ring (bicyclic) bond motifs is 1. The maximum Gasteiger partial charge on any atom is 0.226 e. The number of nitrogens with one attached hydrogen (secondary N) is 1. The van der Waals surface area contributed by atoms with Gasteiger partial charge in [-0.1, -0.05) is 18.2 Å². The Bertz CT molecular complexity index is 1580. The highest BCUT2D eigenvalue weighted by Gasteiger charge is 2.33. The molecule has 1 saturated heterocycles. The first kappa shape index (κ1) is 25.1. The third-order valence-corrected chi connectivity index (χ3v) is 7.05. The van der Waals surface area contributed by atoms with E-state index in [4.69, 9.17) is 5.73 Å². The van der Waals surface area contributed by atoms with Crippen LogP contribution in [-0.4, -0.2) is 42.2 Å². The number of hydrogen-bond acceptors (Lipinski definition) is 6. The van der Waals surface area contributed by atoms with Crippen LogP contribution in [0.15, 0.2) is 60.8 Å². The lowest BCUT2D eigenvalue weighted by Gasteiger charge is -2.38. The number of hydrogen-bond donors (Lipinski definition) is 3. The molecule has 1 amide bonds. The van der Waals surface area contributed by atoms with Gasteiger partial charge >= 0.3 is 0 Å². The maximum atomic E-state index is 14.3. The average Bonchev–Trinajstić information content (AvgIpc) is 2.91. The Balaban J connectivity index is 1.76. The summed E-state index contributed by atoms with van der Waals surface area (Å²) in [4.78, 5) is 19.2. The molecule has 0 bridgehead atoms. The van der Waals surface area contributed by atoms with Crippen LogP contribution in [0.25, 0.3) is 33.2 Å². The molecule has 2 atom stereocenters. The van der Waals surface area contributed by atoms with E-state index in [2.05, 4.69) is 10.3 Å². The van der Waals surface area contributed by atoms with E-state index in [1.54, 1.807) is 37.5 Å². The maximum absolute atomic E-state index is 14.3. The van der Waals surface area contributed by atoms with Crippen LogP contribution in [-0.2, 0) is 4.79 Å². The molecule has 0 aliphatic carbocycles. The normalized spacial score (nSPS) is 17.3. The Morgan fingerprint density at radius 2 is 1.89 bits per heavy atom. The second kappa shape index (κ2) is 10.1. The number of piperidine rings is 1. The molecule has 9 heteroatoms. The third-order valence-electron chi connectivity index (χ3n) is 7.05. The van der Waals surface area contributed by atoms with Gasteiger partial charge in [-0.05, 0) is 47.9 Å². The topological polar surface area (TPSA) is 115 Å². The van der Waals surface area contributed by atoms with Crippen molar-refractivity contribution in [2.45, 2.75) is 12.5 Å². The van der Waals surface area contributed by atoms with Crippen LogP contribution in [0, 0.1) is 28.9 Å². The fraction of sp³-hybridized carbons (Fsp3) is 0.207. The van der Waals surface area contributed by atoms with Gasteiger partial charge < -0.3 is 21.1 Å². The lowest BCUT2D eigenvalue weighted by Crippen LogP contribution is -2.52. The van der Waals surface area contributed by atoms with Crippen molar-refractivity contribution in [3.05, 3.63) is 78.0 Å². The zero-order valence-corrected chi connectivity index (χ0v) is 20.6. The van der Waals surface area contributed by atoms with E-state index < -0.39 is 17.6 Å². The van der Waals surface area contributed by atoms with Gasteiger partial charge in [0.15, 0.2) is 0 Å². The van der Waals surface area contributed by atoms with E-state index >= 15 is 0 Å². The number of para-hydroxylation sites is 1. The molecule has 2 heterocycles. The summed E-state index contributed by atoms with van der Waals surface area (Å²) in [7, 11) is 1.56. The summed E-state index contributed by atoms with van der Waals surface area (Å²) in [5, 5.41) is 23.4. The third kappa shape index (κ3) is 4.51. The summed E-state index contributed by atoms with van der Waals surface area (Å²) in [5.74, 6) is -2.26. The van der Waals surface area contributed by atoms with E-state index in [1.165, 1.54) is 18.2 Å². The number of anilines is 1. The number of amides is 1. The van der Waals surface area contributed by atoms with Gasteiger partial charge in [-0.25, -0.2) is 8.78 Å². The van der Waals surface area contributed by atoms with Gasteiger partial charge in [-0.15, -0.1) is 0 Å². The predicted molar refractivity (Wildman–Crippen MR) is 141 cm³/mol. The number of aromatic nitrogens is 1. The lowest BCUT2D eigenvalue weighted by atomic mass is 9.90. The number of rotatable bonds is 4. The number of phenolic OH excluding ortho intramolecular Hbond substituents is 1. The van der Waals surface area contributed by atoms with Crippen molar-refractivity contribution >= 4 is 22.5 Å². The molecule has 1 aromatic heterocycles. The van der Waals surface area contributed by atoms with Crippen LogP contribution in [0.1, 0.15) is 12.0 Å². The van der Waals surface area contributed by atoms with Crippen LogP contribution in [0.4, 0.5) is 14.5 Å². The Hall–Kier alpha value is -4.55. The quantitative estimate of drug-likeness (QED) is 0.374. The monoisotopic (exact) mass is 513 g/mol. The Labute approximate surface area is 218 Å². The van der Waals surface area contributed by atoms with E-state index in [0.29, 0.717) is 58.4 Å². The smallest absolute Gasteiger partial charge is 0.226 e. The highest BCUT2D eigenvalue weighted by atomic mass is 19.1. The summed E-state index contributed by atoms with van der Waals surface area (Å²) in [5.41, 5.74) is 9.59. The number of nitrogens with zero attached hydrogens (tertiary/aromatic N) is 3. The molecule has 4 N–H and O–H groups in total. The molecule has 1 aliphatic rings. The van der Waals surface area contributed by atoms with Gasteiger partial charge in [0.2, 0.25) is 5.91 Å². The van der Waals surface area contributed by atoms with Crippen LogP contribution >= 0.6 is 0 Å². The van der Waals surface area contributed by atoms with Crippen molar-refractivity contribution in [2.24, 2.45) is 11.7 Å². The summed E-state index contributed by atoms with van der Waals surface area (Å²) >= 11 is 0. The SMILES string of the molecule is CNC(=O)C1CN(c2c(-c3cc(F)cc(F)c3)cnc3ccc(-c4cccc(C#N)c4O)cc23)CCC1N. The molecule has 38 heavy (non-hydrogen) atoms. The molecule has 0 spiro atoms. The fourth-order valence-corrected chi connectivity index (χ4v) is 5.11. The summed E-state index contributed by atoms with van der Waals surface area (Å²) < 4.78 is 28.5. The molecule has 0 saturated carbocycles. The lowest BCUT2D eigenvalue weighted by molar-refractivity contribution is -0.125. The molecule has 2 unspecified atom stereocenters. The molecule has 1 fully saturated rings. The number of nitrogens with two attached hydrogens (primary N) is 1. The molecule has 0 radical (unpaired) electrons. The van der Waals surface area contributed by atoms with Gasteiger partial charge in [-0.3, -0.25) is 9.78 Å². The minimum absolute atomic E-state index is 0.142. The summed E-state index contributed by atoms with van der Waals surface area (Å²) in [6.07, 6.45) is 2.10. The van der Waals surface area contributed by atoms with E-state index in [0.717, 1.165) is 6.07 Å². The first-order valence-corrected chi connectivity index (χ1v) is 12.1. The fourth-order valence-electron chi connectivity index (χ4n) is 5.11. The highest BCUT2D eigenvalue weighted by Crippen LogP contribution is 2.41. The molecule has 192 valence electrons. The van der Waals surface area contributed by atoms with Crippen molar-refractivity contribution < 1.29 is 18.7 Å². The van der Waals surface area contributed by atoms with Gasteiger partial charge in [0.1, 0.15) is 23.5 Å².